The first-order chi connectivity index (χ1) is 8.49. The number of amides is 2. The summed E-state index contributed by atoms with van der Waals surface area (Å²) in [5.41, 5.74) is 0. The second kappa shape index (κ2) is 5.29. The van der Waals surface area contributed by atoms with Gasteiger partial charge in [-0.15, -0.1) is 0 Å². The third-order valence-corrected chi connectivity index (χ3v) is 3.84. The molecule has 2 amide bonds. The van der Waals surface area contributed by atoms with E-state index < -0.39 is 0 Å². The molecule has 0 aromatic rings. The summed E-state index contributed by atoms with van der Waals surface area (Å²) in [7, 11) is 0. The van der Waals surface area contributed by atoms with E-state index in [-0.39, 0.29) is 29.7 Å². The second-order valence-electron chi connectivity index (χ2n) is 6.14. The van der Waals surface area contributed by atoms with Crippen LogP contribution < -0.4 is 5.32 Å². The standard InChI is InChI=1S/C14H24N2O2/c1-9(2)15-13(17)11-7-12(11)14(18)16-6-4-5-10(3)8-16/h9-12H,4-8H2,1-3H3,(H,15,17). The summed E-state index contributed by atoms with van der Waals surface area (Å²) >= 11 is 0. The van der Waals surface area contributed by atoms with Crippen LogP contribution >= 0.6 is 0 Å². The van der Waals surface area contributed by atoms with E-state index in [2.05, 4.69) is 12.2 Å². The number of rotatable bonds is 3. The lowest BCUT2D eigenvalue weighted by molar-refractivity contribution is -0.136. The van der Waals surface area contributed by atoms with Crippen molar-refractivity contribution < 1.29 is 9.59 Å². The predicted octanol–water partition coefficient (Wildman–Crippen LogP) is 1.41. The number of carbonyl (C=O) groups is 2. The van der Waals surface area contributed by atoms with Crippen molar-refractivity contribution in [3.8, 4) is 0 Å². The number of piperidine rings is 1. The third kappa shape index (κ3) is 3.03. The molecule has 1 saturated carbocycles. The van der Waals surface area contributed by atoms with Crippen LogP contribution in [0.2, 0.25) is 0 Å². The van der Waals surface area contributed by atoms with E-state index in [1.807, 2.05) is 18.7 Å². The van der Waals surface area contributed by atoms with Gasteiger partial charge in [-0.3, -0.25) is 9.59 Å². The highest BCUT2D eigenvalue weighted by atomic mass is 16.2. The van der Waals surface area contributed by atoms with Gasteiger partial charge in [-0.2, -0.15) is 0 Å². The van der Waals surface area contributed by atoms with Gasteiger partial charge in [-0.05, 0) is 39.0 Å². The maximum absolute atomic E-state index is 12.3. The minimum Gasteiger partial charge on any atom is -0.354 e. The molecule has 18 heavy (non-hydrogen) atoms. The first-order valence-electron chi connectivity index (χ1n) is 7.08. The molecule has 2 rings (SSSR count). The van der Waals surface area contributed by atoms with Crippen molar-refractivity contribution in [2.24, 2.45) is 17.8 Å². The molecule has 1 saturated heterocycles. The maximum atomic E-state index is 12.3. The minimum atomic E-state index is -0.0721. The smallest absolute Gasteiger partial charge is 0.226 e. The lowest BCUT2D eigenvalue weighted by atomic mass is 10.00. The highest BCUT2D eigenvalue weighted by Gasteiger charge is 2.49. The van der Waals surface area contributed by atoms with Gasteiger partial charge in [0.15, 0.2) is 0 Å². The van der Waals surface area contributed by atoms with Crippen LogP contribution in [-0.2, 0) is 9.59 Å². The summed E-state index contributed by atoms with van der Waals surface area (Å²) < 4.78 is 0. The van der Waals surface area contributed by atoms with Crippen LogP contribution in [0.1, 0.15) is 40.0 Å². The number of hydrogen-bond donors (Lipinski definition) is 1. The normalized spacial score (nSPS) is 31.3. The predicted molar refractivity (Wildman–Crippen MR) is 69.9 cm³/mol. The number of carbonyl (C=O) groups excluding carboxylic acids is 2. The van der Waals surface area contributed by atoms with Gasteiger partial charge in [0.25, 0.3) is 0 Å². The third-order valence-electron chi connectivity index (χ3n) is 3.84. The largest absolute Gasteiger partial charge is 0.354 e. The number of nitrogens with one attached hydrogen (secondary N) is 1. The van der Waals surface area contributed by atoms with Crippen molar-refractivity contribution in [2.75, 3.05) is 13.1 Å². The second-order valence-corrected chi connectivity index (χ2v) is 6.14. The van der Waals surface area contributed by atoms with Gasteiger partial charge >= 0.3 is 0 Å². The monoisotopic (exact) mass is 252 g/mol. The topological polar surface area (TPSA) is 49.4 Å². The van der Waals surface area contributed by atoms with Crippen molar-refractivity contribution >= 4 is 11.8 Å². The molecule has 0 spiro atoms. The van der Waals surface area contributed by atoms with Crippen LogP contribution in [0.3, 0.4) is 0 Å². The number of nitrogens with zero attached hydrogens (tertiary/aromatic N) is 1. The molecule has 3 unspecified atom stereocenters. The lowest BCUT2D eigenvalue weighted by Gasteiger charge is -2.31. The molecule has 1 aliphatic heterocycles. The van der Waals surface area contributed by atoms with E-state index >= 15 is 0 Å². The summed E-state index contributed by atoms with van der Waals surface area (Å²) in [4.78, 5) is 26.0. The van der Waals surface area contributed by atoms with Crippen molar-refractivity contribution in [1.82, 2.24) is 10.2 Å². The van der Waals surface area contributed by atoms with Gasteiger partial charge in [-0.1, -0.05) is 6.92 Å². The maximum Gasteiger partial charge on any atom is 0.226 e. The van der Waals surface area contributed by atoms with E-state index in [4.69, 9.17) is 0 Å². The summed E-state index contributed by atoms with van der Waals surface area (Å²) in [5, 5.41) is 2.89. The summed E-state index contributed by atoms with van der Waals surface area (Å²) in [6, 6.07) is 0.156. The fraction of sp³-hybridized carbons (Fsp3) is 0.857. The van der Waals surface area contributed by atoms with Crippen molar-refractivity contribution in [1.29, 1.82) is 0 Å². The van der Waals surface area contributed by atoms with E-state index in [1.54, 1.807) is 0 Å². The summed E-state index contributed by atoms with van der Waals surface area (Å²) in [6.45, 7) is 7.83. The molecule has 1 aliphatic carbocycles. The van der Waals surface area contributed by atoms with Crippen molar-refractivity contribution in [3.63, 3.8) is 0 Å². The molecule has 0 bridgehead atoms. The first-order valence-corrected chi connectivity index (χ1v) is 7.08. The Morgan fingerprint density at radius 2 is 2.00 bits per heavy atom. The van der Waals surface area contributed by atoms with Crippen LogP contribution in [0, 0.1) is 17.8 Å². The quantitative estimate of drug-likeness (QED) is 0.825. The Balaban J connectivity index is 1.83. The summed E-state index contributed by atoms with van der Waals surface area (Å²) in [5.74, 6) is 0.731. The molecule has 4 heteroatoms. The molecule has 1 heterocycles. The molecule has 0 aromatic carbocycles. The van der Waals surface area contributed by atoms with Gasteiger partial charge in [0.05, 0.1) is 11.8 Å². The highest BCUT2D eigenvalue weighted by Crippen LogP contribution is 2.40. The Bertz CT molecular complexity index is 341. The van der Waals surface area contributed by atoms with Gasteiger partial charge in [-0.25, -0.2) is 0 Å². The first kappa shape index (κ1) is 13.4. The molecule has 102 valence electrons. The molecule has 3 atom stereocenters. The molecule has 1 N–H and O–H groups in total. The Kier molecular flexibility index (Phi) is 3.93. The van der Waals surface area contributed by atoms with Crippen LogP contribution in [-0.4, -0.2) is 35.8 Å². The van der Waals surface area contributed by atoms with Gasteiger partial charge in [0.1, 0.15) is 0 Å². The Hall–Kier alpha value is -1.06. The zero-order valence-corrected chi connectivity index (χ0v) is 11.6. The van der Waals surface area contributed by atoms with Gasteiger partial charge < -0.3 is 10.2 Å². The lowest BCUT2D eigenvalue weighted by Crippen LogP contribution is -2.41. The Labute approximate surface area is 109 Å². The average Bonchev–Trinajstić information content (AvgIpc) is 3.07. The zero-order chi connectivity index (χ0) is 13.3. The van der Waals surface area contributed by atoms with Crippen LogP contribution in [0.25, 0.3) is 0 Å². The minimum absolute atomic E-state index is 0.0472. The average molecular weight is 252 g/mol. The van der Waals surface area contributed by atoms with Crippen LogP contribution in [0.15, 0.2) is 0 Å². The van der Waals surface area contributed by atoms with Gasteiger partial charge in [0, 0.05) is 19.1 Å². The highest BCUT2D eigenvalue weighted by molar-refractivity contribution is 5.92. The SMILES string of the molecule is CC1CCCN(C(=O)C2CC2C(=O)NC(C)C)C1. The molecule has 0 radical (unpaired) electrons. The molecule has 4 nitrogen and oxygen atoms in total. The molecule has 2 fully saturated rings. The van der Waals surface area contributed by atoms with E-state index in [0.29, 0.717) is 5.92 Å². The fourth-order valence-electron chi connectivity index (χ4n) is 2.77. The molecule has 0 aromatic heterocycles. The molecule has 2 aliphatic rings. The number of likely N-dealkylation sites (tertiary alicyclic amines) is 1. The fourth-order valence-corrected chi connectivity index (χ4v) is 2.77. The molecular weight excluding hydrogens is 228 g/mol. The van der Waals surface area contributed by atoms with Crippen LogP contribution in [0.5, 0.6) is 0 Å². The summed E-state index contributed by atoms with van der Waals surface area (Å²) in [6.07, 6.45) is 3.05. The van der Waals surface area contributed by atoms with E-state index in [1.165, 1.54) is 6.42 Å². The van der Waals surface area contributed by atoms with Crippen molar-refractivity contribution in [3.05, 3.63) is 0 Å². The van der Waals surface area contributed by atoms with Gasteiger partial charge in [0.2, 0.25) is 11.8 Å². The van der Waals surface area contributed by atoms with Crippen LogP contribution in [0.4, 0.5) is 0 Å². The van der Waals surface area contributed by atoms with Crippen molar-refractivity contribution in [2.45, 2.75) is 46.1 Å². The zero-order valence-electron chi connectivity index (χ0n) is 11.6. The van der Waals surface area contributed by atoms with E-state index in [0.717, 1.165) is 25.9 Å². The number of hydrogen-bond acceptors (Lipinski definition) is 2. The van der Waals surface area contributed by atoms with E-state index in [9.17, 15) is 9.59 Å². The molecular formula is C14H24N2O2. The Morgan fingerprint density at radius 1 is 1.28 bits per heavy atom. The Morgan fingerprint density at radius 3 is 2.61 bits per heavy atom.